The van der Waals surface area contributed by atoms with Gasteiger partial charge >= 0.3 is 6.03 Å². The summed E-state index contributed by atoms with van der Waals surface area (Å²) in [6.45, 7) is 1.18. The molecule has 1 fully saturated rings. The number of hydrogen-bond donors (Lipinski definition) is 1. The van der Waals surface area contributed by atoms with Crippen molar-refractivity contribution in [2.75, 3.05) is 20.6 Å². The Morgan fingerprint density at radius 1 is 1.31 bits per heavy atom. The molecule has 7 nitrogen and oxygen atoms in total. The average molecular weight is 375 g/mol. The molecule has 0 saturated heterocycles. The highest BCUT2D eigenvalue weighted by molar-refractivity contribution is 7.18. The number of carbonyl (C=O) groups excluding carboxylic acids is 1. The Morgan fingerprint density at radius 3 is 2.77 bits per heavy atom. The standard InChI is InChI=1S/C18H25N5O2S/c1-22(2)11-3-5-12(6-4-11)25-16-15-13-9-23(18(19)24)8-7-14(13)26-17(15)21-10-20-16/h10-12H,3-9H2,1-2H3,(H2,19,24). The second-order valence-corrected chi connectivity index (χ2v) is 8.47. The first-order valence-electron chi connectivity index (χ1n) is 9.15. The molecule has 0 spiro atoms. The van der Waals surface area contributed by atoms with Crippen LogP contribution in [-0.2, 0) is 13.0 Å². The van der Waals surface area contributed by atoms with E-state index in [1.165, 1.54) is 4.88 Å². The second-order valence-electron chi connectivity index (χ2n) is 7.38. The largest absolute Gasteiger partial charge is 0.474 e. The molecule has 2 amide bonds. The van der Waals surface area contributed by atoms with E-state index in [0.717, 1.165) is 47.9 Å². The lowest BCUT2D eigenvalue weighted by Crippen LogP contribution is -2.39. The first kappa shape index (κ1) is 17.5. The normalized spacial score (nSPS) is 23.3. The number of fused-ring (bicyclic) bond motifs is 3. The van der Waals surface area contributed by atoms with Gasteiger partial charge in [-0.05, 0) is 46.2 Å². The Hall–Kier alpha value is -1.93. The van der Waals surface area contributed by atoms with Crippen molar-refractivity contribution in [2.24, 2.45) is 5.73 Å². The molecule has 4 rings (SSSR count). The van der Waals surface area contributed by atoms with Crippen LogP contribution in [0.5, 0.6) is 5.88 Å². The molecule has 26 heavy (non-hydrogen) atoms. The maximum absolute atomic E-state index is 11.6. The Kier molecular flexibility index (Phi) is 4.71. The van der Waals surface area contributed by atoms with Gasteiger partial charge in [0.25, 0.3) is 0 Å². The van der Waals surface area contributed by atoms with Gasteiger partial charge < -0.3 is 20.3 Å². The van der Waals surface area contributed by atoms with Crippen molar-refractivity contribution in [3.63, 3.8) is 0 Å². The minimum atomic E-state index is -0.378. The van der Waals surface area contributed by atoms with Gasteiger partial charge in [-0.1, -0.05) is 0 Å². The van der Waals surface area contributed by atoms with E-state index in [1.54, 1.807) is 22.6 Å². The van der Waals surface area contributed by atoms with Gasteiger partial charge in [-0.15, -0.1) is 11.3 Å². The topological polar surface area (TPSA) is 84.6 Å². The average Bonchev–Trinajstić information content (AvgIpc) is 3.00. The molecule has 0 radical (unpaired) electrons. The summed E-state index contributed by atoms with van der Waals surface area (Å²) in [5.41, 5.74) is 6.59. The van der Waals surface area contributed by atoms with Crippen LogP contribution in [0.1, 0.15) is 36.1 Å². The minimum Gasteiger partial charge on any atom is -0.474 e. The van der Waals surface area contributed by atoms with Crippen LogP contribution in [0.2, 0.25) is 0 Å². The predicted molar refractivity (Wildman–Crippen MR) is 101 cm³/mol. The summed E-state index contributed by atoms with van der Waals surface area (Å²) >= 11 is 1.68. The fourth-order valence-corrected chi connectivity index (χ4v) is 5.13. The number of thiophene rings is 1. The fraction of sp³-hybridized carbons (Fsp3) is 0.611. The zero-order valence-electron chi connectivity index (χ0n) is 15.3. The Bertz CT molecular complexity index is 813. The van der Waals surface area contributed by atoms with E-state index >= 15 is 0 Å². The number of rotatable bonds is 3. The number of nitrogens with two attached hydrogens (primary N) is 1. The van der Waals surface area contributed by atoms with Crippen LogP contribution in [0.3, 0.4) is 0 Å². The van der Waals surface area contributed by atoms with Crippen molar-refractivity contribution < 1.29 is 9.53 Å². The zero-order valence-corrected chi connectivity index (χ0v) is 16.1. The van der Waals surface area contributed by atoms with Gasteiger partial charge in [0.05, 0.1) is 5.39 Å². The SMILES string of the molecule is CN(C)C1CCC(Oc2ncnc3sc4c(c23)CN(C(N)=O)CC4)CC1. The highest BCUT2D eigenvalue weighted by Crippen LogP contribution is 2.39. The maximum Gasteiger partial charge on any atom is 0.315 e. The molecule has 1 aliphatic carbocycles. The molecule has 8 heteroatoms. The Morgan fingerprint density at radius 2 is 2.08 bits per heavy atom. The highest BCUT2D eigenvalue weighted by Gasteiger charge is 2.28. The molecule has 1 aliphatic heterocycles. The van der Waals surface area contributed by atoms with Crippen LogP contribution >= 0.6 is 11.3 Å². The van der Waals surface area contributed by atoms with Crippen molar-refractivity contribution in [3.05, 3.63) is 16.8 Å². The van der Waals surface area contributed by atoms with Crippen LogP contribution in [0.4, 0.5) is 4.79 Å². The van der Waals surface area contributed by atoms with Gasteiger partial charge in [-0.25, -0.2) is 14.8 Å². The quantitative estimate of drug-likeness (QED) is 0.890. The van der Waals surface area contributed by atoms with Crippen molar-refractivity contribution in [2.45, 2.75) is 50.8 Å². The predicted octanol–water partition coefficient (Wildman–Crippen LogP) is 2.38. The van der Waals surface area contributed by atoms with Gasteiger partial charge in [-0.3, -0.25) is 0 Å². The molecule has 2 aromatic heterocycles. The monoisotopic (exact) mass is 375 g/mol. The number of nitrogens with zero attached hydrogens (tertiary/aromatic N) is 4. The van der Waals surface area contributed by atoms with Gasteiger partial charge in [0.15, 0.2) is 0 Å². The number of ether oxygens (including phenoxy) is 1. The molecule has 2 aromatic rings. The first-order valence-corrected chi connectivity index (χ1v) is 9.97. The van der Waals surface area contributed by atoms with E-state index in [1.807, 2.05) is 0 Å². The maximum atomic E-state index is 11.6. The van der Waals surface area contributed by atoms with Gasteiger partial charge in [-0.2, -0.15) is 0 Å². The van der Waals surface area contributed by atoms with Crippen LogP contribution in [0, 0.1) is 0 Å². The molecular formula is C18H25N5O2S. The fourth-order valence-electron chi connectivity index (χ4n) is 4.00. The Labute approximate surface area is 157 Å². The summed E-state index contributed by atoms with van der Waals surface area (Å²) in [4.78, 5) is 26.6. The number of amides is 2. The van der Waals surface area contributed by atoms with E-state index in [4.69, 9.17) is 10.5 Å². The summed E-state index contributed by atoms with van der Waals surface area (Å²) < 4.78 is 6.32. The van der Waals surface area contributed by atoms with Gasteiger partial charge in [0.1, 0.15) is 17.3 Å². The third-order valence-electron chi connectivity index (χ3n) is 5.56. The van der Waals surface area contributed by atoms with E-state index in [0.29, 0.717) is 25.0 Å². The van der Waals surface area contributed by atoms with Crippen LogP contribution in [0.25, 0.3) is 10.2 Å². The molecule has 0 bridgehead atoms. The summed E-state index contributed by atoms with van der Waals surface area (Å²) in [6.07, 6.45) is 6.94. The van der Waals surface area contributed by atoms with Crippen LogP contribution in [-0.4, -0.2) is 58.6 Å². The number of hydrogen-bond acceptors (Lipinski definition) is 6. The molecule has 2 N–H and O–H groups in total. The van der Waals surface area contributed by atoms with Crippen LogP contribution < -0.4 is 10.5 Å². The summed E-state index contributed by atoms with van der Waals surface area (Å²) in [6, 6.07) is 0.259. The molecule has 3 heterocycles. The second kappa shape index (κ2) is 7.00. The summed E-state index contributed by atoms with van der Waals surface area (Å²) in [7, 11) is 4.28. The summed E-state index contributed by atoms with van der Waals surface area (Å²) in [5, 5.41) is 0.966. The van der Waals surface area contributed by atoms with Crippen molar-refractivity contribution in [1.82, 2.24) is 19.8 Å². The molecule has 0 unspecified atom stereocenters. The number of carbonyl (C=O) groups is 1. The molecule has 2 aliphatic rings. The van der Waals surface area contributed by atoms with E-state index in [9.17, 15) is 4.79 Å². The third-order valence-corrected chi connectivity index (χ3v) is 6.76. The van der Waals surface area contributed by atoms with Crippen molar-refractivity contribution in [3.8, 4) is 5.88 Å². The molecule has 0 aromatic carbocycles. The van der Waals surface area contributed by atoms with Crippen LogP contribution in [0.15, 0.2) is 6.33 Å². The zero-order chi connectivity index (χ0) is 18.3. The lowest BCUT2D eigenvalue weighted by molar-refractivity contribution is 0.108. The number of primary amides is 1. The van der Waals surface area contributed by atoms with E-state index < -0.39 is 0 Å². The lowest BCUT2D eigenvalue weighted by atomic mass is 9.92. The molecular weight excluding hydrogens is 350 g/mol. The Balaban J connectivity index is 1.58. The third kappa shape index (κ3) is 3.23. The van der Waals surface area contributed by atoms with Crippen molar-refractivity contribution >= 4 is 27.6 Å². The van der Waals surface area contributed by atoms with Gasteiger partial charge in [0.2, 0.25) is 5.88 Å². The number of urea groups is 1. The highest BCUT2D eigenvalue weighted by atomic mass is 32.1. The molecule has 0 atom stereocenters. The first-order chi connectivity index (χ1) is 12.5. The smallest absolute Gasteiger partial charge is 0.315 e. The van der Waals surface area contributed by atoms with E-state index in [2.05, 4.69) is 29.0 Å². The molecule has 140 valence electrons. The lowest BCUT2D eigenvalue weighted by Gasteiger charge is -2.32. The van der Waals surface area contributed by atoms with E-state index in [-0.39, 0.29) is 12.1 Å². The molecule has 1 saturated carbocycles. The number of aromatic nitrogens is 2. The van der Waals surface area contributed by atoms with Gasteiger partial charge in [0, 0.05) is 29.6 Å². The van der Waals surface area contributed by atoms with Crippen molar-refractivity contribution in [1.29, 1.82) is 0 Å². The summed E-state index contributed by atoms with van der Waals surface area (Å²) in [5.74, 6) is 0.659. The minimum absolute atomic E-state index is 0.190.